The second-order valence-electron chi connectivity index (χ2n) is 7.98. The normalized spacial score (nSPS) is 15.0. The first-order valence-electron chi connectivity index (χ1n) is 11.2. The first-order chi connectivity index (χ1) is 15.8. The third-order valence-electron chi connectivity index (χ3n) is 5.82. The van der Waals surface area contributed by atoms with Crippen LogP contribution in [0.3, 0.4) is 0 Å². The van der Waals surface area contributed by atoms with Crippen LogP contribution in [0.15, 0.2) is 53.4 Å². The summed E-state index contributed by atoms with van der Waals surface area (Å²) in [5.74, 6) is -1.73. The molecule has 1 N–H and O–H groups in total. The van der Waals surface area contributed by atoms with E-state index in [1.807, 2.05) is 30.3 Å². The van der Waals surface area contributed by atoms with Crippen molar-refractivity contribution in [2.24, 2.45) is 0 Å². The van der Waals surface area contributed by atoms with Crippen LogP contribution < -0.4 is 5.32 Å². The Hall–Kier alpha value is -2.78. The number of sulfonamides is 1. The quantitative estimate of drug-likeness (QED) is 0.604. The Morgan fingerprint density at radius 1 is 1.06 bits per heavy atom. The minimum absolute atomic E-state index is 0.0191. The molecular weight excluding hydrogens is 445 g/mol. The lowest BCUT2D eigenvalue weighted by Gasteiger charge is -2.24. The highest BCUT2D eigenvalue weighted by atomic mass is 32.2. The highest BCUT2D eigenvalue weighted by molar-refractivity contribution is 7.89. The average molecular weight is 476 g/mol. The summed E-state index contributed by atoms with van der Waals surface area (Å²) in [6.45, 7) is 4.96. The Morgan fingerprint density at radius 3 is 2.30 bits per heavy atom. The Kier molecular flexibility index (Phi) is 8.20. The molecule has 0 saturated carbocycles. The fraction of sp³-hybridized carbons (Fsp3) is 0.417. The van der Waals surface area contributed by atoms with E-state index in [9.17, 15) is 22.4 Å². The minimum atomic E-state index is -4.09. The number of benzene rings is 2. The second kappa shape index (κ2) is 10.9. The molecule has 0 aliphatic carbocycles. The number of carbonyl (C=O) groups is 2. The van der Waals surface area contributed by atoms with Gasteiger partial charge in [0.05, 0.1) is 0 Å². The molecule has 1 aliphatic heterocycles. The molecule has 3 rings (SSSR count). The molecule has 2 aromatic carbocycles. The van der Waals surface area contributed by atoms with E-state index >= 15 is 0 Å². The van der Waals surface area contributed by atoms with E-state index in [2.05, 4.69) is 5.32 Å². The van der Waals surface area contributed by atoms with Gasteiger partial charge in [0.2, 0.25) is 15.9 Å². The Morgan fingerprint density at radius 2 is 1.70 bits per heavy atom. The van der Waals surface area contributed by atoms with Crippen LogP contribution in [-0.2, 0) is 21.2 Å². The van der Waals surface area contributed by atoms with E-state index in [0.717, 1.165) is 34.8 Å². The zero-order chi connectivity index (χ0) is 24.0. The number of nitrogens with zero attached hydrogens (tertiary/aromatic N) is 2. The molecule has 178 valence electrons. The molecule has 9 heteroatoms. The molecule has 0 aromatic heterocycles. The standard InChI is InChI=1S/C24H30FN3O4S/c1-3-28(4-2)33(31,32)22-17-19(12-13-20(22)25)23(29)26-21(16-18-10-6-5-7-11-18)24(30)27-14-8-9-15-27/h5-7,10-13,17,21H,3-4,8-9,14-16H2,1-2H3,(H,26,29). The van der Waals surface area contributed by atoms with Crippen molar-refractivity contribution in [1.29, 1.82) is 0 Å². The smallest absolute Gasteiger partial charge is 0.251 e. The Labute approximate surface area is 194 Å². The van der Waals surface area contributed by atoms with Gasteiger partial charge in [0.25, 0.3) is 5.91 Å². The van der Waals surface area contributed by atoms with Gasteiger partial charge < -0.3 is 10.2 Å². The van der Waals surface area contributed by atoms with Gasteiger partial charge in [-0.3, -0.25) is 9.59 Å². The van der Waals surface area contributed by atoms with Crippen molar-refractivity contribution >= 4 is 21.8 Å². The number of hydrogen-bond donors (Lipinski definition) is 1. The molecule has 1 unspecified atom stereocenters. The molecule has 1 atom stereocenters. The second-order valence-corrected chi connectivity index (χ2v) is 9.89. The van der Waals surface area contributed by atoms with Crippen molar-refractivity contribution in [3.63, 3.8) is 0 Å². The Bertz CT molecular complexity index is 1080. The van der Waals surface area contributed by atoms with Gasteiger partial charge in [-0.25, -0.2) is 12.8 Å². The van der Waals surface area contributed by atoms with Crippen molar-refractivity contribution in [3.05, 3.63) is 65.5 Å². The van der Waals surface area contributed by atoms with Crippen molar-refractivity contribution in [2.45, 2.75) is 44.0 Å². The van der Waals surface area contributed by atoms with Crippen LogP contribution in [0.4, 0.5) is 4.39 Å². The maximum atomic E-state index is 14.4. The summed E-state index contributed by atoms with van der Waals surface area (Å²) < 4.78 is 41.2. The number of nitrogens with one attached hydrogen (secondary N) is 1. The number of carbonyl (C=O) groups excluding carboxylic acids is 2. The number of hydrogen-bond acceptors (Lipinski definition) is 4. The molecule has 1 heterocycles. The van der Waals surface area contributed by atoms with Gasteiger partial charge in [-0.15, -0.1) is 0 Å². The van der Waals surface area contributed by atoms with Crippen molar-refractivity contribution in [3.8, 4) is 0 Å². The third-order valence-corrected chi connectivity index (χ3v) is 7.89. The maximum absolute atomic E-state index is 14.4. The molecular formula is C24H30FN3O4S. The van der Waals surface area contributed by atoms with Gasteiger partial charge in [-0.1, -0.05) is 44.2 Å². The summed E-state index contributed by atoms with van der Waals surface area (Å²) in [6, 6.07) is 11.8. The number of amides is 2. The molecule has 2 amide bonds. The predicted molar refractivity (Wildman–Crippen MR) is 124 cm³/mol. The summed E-state index contributed by atoms with van der Waals surface area (Å²) in [6.07, 6.45) is 2.14. The van der Waals surface area contributed by atoms with Crippen LogP contribution in [0.1, 0.15) is 42.6 Å². The van der Waals surface area contributed by atoms with E-state index in [0.29, 0.717) is 19.5 Å². The fourth-order valence-corrected chi connectivity index (χ4v) is 5.54. The molecule has 7 nitrogen and oxygen atoms in total. The Balaban J connectivity index is 1.88. The molecule has 1 saturated heterocycles. The van der Waals surface area contributed by atoms with E-state index in [1.54, 1.807) is 18.7 Å². The summed E-state index contributed by atoms with van der Waals surface area (Å²) in [7, 11) is -4.09. The number of rotatable bonds is 9. The van der Waals surface area contributed by atoms with Crippen LogP contribution in [0.5, 0.6) is 0 Å². The molecule has 2 aromatic rings. The molecule has 0 spiro atoms. The van der Waals surface area contributed by atoms with Gasteiger partial charge in [-0.05, 0) is 36.6 Å². The van der Waals surface area contributed by atoms with Gasteiger partial charge in [0.1, 0.15) is 16.8 Å². The largest absolute Gasteiger partial charge is 0.341 e. The fourth-order valence-electron chi connectivity index (χ4n) is 3.99. The van der Waals surface area contributed by atoms with Gasteiger partial charge in [-0.2, -0.15) is 4.31 Å². The summed E-state index contributed by atoms with van der Waals surface area (Å²) in [5, 5.41) is 2.75. The van der Waals surface area contributed by atoms with Crippen molar-refractivity contribution in [2.75, 3.05) is 26.2 Å². The lowest BCUT2D eigenvalue weighted by molar-refractivity contribution is -0.132. The van der Waals surface area contributed by atoms with E-state index in [-0.39, 0.29) is 24.6 Å². The predicted octanol–water partition coefficient (Wildman–Crippen LogP) is 2.82. The van der Waals surface area contributed by atoms with Crippen LogP contribution in [0.25, 0.3) is 0 Å². The zero-order valence-corrected chi connectivity index (χ0v) is 19.8. The molecule has 0 radical (unpaired) electrons. The minimum Gasteiger partial charge on any atom is -0.341 e. The molecule has 33 heavy (non-hydrogen) atoms. The van der Waals surface area contributed by atoms with Gasteiger partial charge in [0.15, 0.2) is 0 Å². The monoisotopic (exact) mass is 475 g/mol. The average Bonchev–Trinajstić information content (AvgIpc) is 3.34. The summed E-state index contributed by atoms with van der Waals surface area (Å²) >= 11 is 0. The highest BCUT2D eigenvalue weighted by Crippen LogP contribution is 2.21. The highest BCUT2D eigenvalue weighted by Gasteiger charge is 2.30. The maximum Gasteiger partial charge on any atom is 0.251 e. The van der Waals surface area contributed by atoms with Crippen molar-refractivity contribution in [1.82, 2.24) is 14.5 Å². The summed E-state index contributed by atoms with van der Waals surface area (Å²) in [4.78, 5) is 27.3. The topological polar surface area (TPSA) is 86.8 Å². The lowest BCUT2D eigenvalue weighted by atomic mass is 10.0. The molecule has 1 fully saturated rings. The SMILES string of the molecule is CCN(CC)S(=O)(=O)c1cc(C(=O)NC(Cc2ccccc2)C(=O)N2CCCC2)ccc1F. The first kappa shape index (κ1) is 24.9. The van der Waals surface area contributed by atoms with E-state index in [1.165, 1.54) is 6.07 Å². The number of likely N-dealkylation sites (tertiary alicyclic amines) is 1. The molecule has 1 aliphatic rings. The first-order valence-corrected chi connectivity index (χ1v) is 12.6. The van der Waals surface area contributed by atoms with Crippen molar-refractivity contribution < 1.29 is 22.4 Å². The van der Waals surface area contributed by atoms with Gasteiger partial charge >= 0.3 is 0 Å². The molecule has 0 bridgehead atoms. The van der Waals surface area contributed by atoms with Crippen LogP contribution >= 0.6 is 0 Å². The zero-order valence-electron chi connectivity index (χ0n) is 19.0. The van der Waals surface area contributed by atoms with Crippen LogP contribution in [-0.4, -0.2) is 61.7 Å². The van der Waals surface area contributed by atoms with Gasteiger partial charge in [0, 0.05) is 38.2 Å². The number of halogens is 1. The van der Waals surface area contributed by atoms with Crippen LogP contribution in [0.2, 0.25) is 0 Å². The van der Waals surface area contributed by atoms with Crippen LogP contribution in [0, 0.1) is 5.82 Å². The lowest BCUT2D eigenvalue weighted by Crippen LogP contribution is -2.49. The summed E-state index contributed by atoms with van der Waals surface area (Å²) in [5.41, 5.74) is 0.869. The van der Waals surface area contributed by atoms with E-state index < -0.39 is 32.7 Å². The third kappa shape index (κ3) is 5.78. The van der Waals surface area contributed by atoms with E-state index in [4.69, 9.17) is 0 Å².